The smallest absolute Gasteiger partial charge is 0.315 e. The van der Waals surface area contributed by atoms with Crippen molar-refractivity contribution in [2.24, 2.45) is 0 Å². The molecule has 1 heterocycles. The Hall–Kier alpha value is -1.38. The minimum absolute atomic E-state index is 0.0924. The lowest BCUT2D eigenvalue weighted by molar-refractivity contribution is -0.130. The summed E-state index contributed by atoms with van der Waals surface area (Å²) in [5.41, 5.74) is 0. The Morgan fingerprint density at radius 1 is 1.12 bits per heavy atom. The van der Waals surface area contributed by atoms with Crippen LogP contribution in [-0.2, 0) is 14.3 Å². The van der Waals surface area contributed by atoms with Crippen molar-refractivity contribution in [1.82, 2.24) is 16.0 Å². The molecule has 1 saturated carbocycles. The Bertz CT molecular complexity index is 443. The highest BCUT2D eigenvalue weighted by molar-refractivity contribution is 5.76. The molecule has 26 heavy (non-hydrogen) atoms. The number of carbonyl (C=O) groups excluding carboxylic acids is 2. The quantitative estimate of drug-likeness (QED) is 0.469. The molecule has 0 unspecified atom stereocenters. The molecule has 2 aliphatic rings. The van der Waals surface area contributed by atoms with Crippen LogP contribution in [0.4, 0.5) is 4.79 Å². The summed E-state index contributed by atoms with van der Waals surface area (Å²) in [6.45, 7) is 0.756. The SMILES string of the molecule is COCCNC(=O)C[C@H]1CC[C@H](NC(=O)NC2CCCCC2)[C@@H](CO)O1. The average Bonchev–Trinajstić information content (AvgIpc) is 2.64. The van der Waals surface area contributed by atoms with E-state index in [1.54, 1.807) is 7.11 Å². The maximum absolute atomic E-state index is 12.2. The predicted molar refractivity (Wildman–Crippen MR) is 96.8 cm³/mol. The second kappa shape index (κ2) is 11.4. The summed E-state index contributed by atoms with van der Waals surface area (Å²) in [7, 11) is 1.58. The lowest BCUT2D eigenvalue weighted by Crippen LogP contribution is -2.55. The molecule has 1 aliphatic heterocycles. The Morgan fingerprint density at radius 3 is 2.58 bits per heavy atom. The van der Waals surface area contributed by atoms with Crippen molar-refractivity contribution in [1.29, 1.82) is 0 Å². The largest absolute Gasteiger partial charge is 0.394 e. The third-order valence-electron chi connectivity index (χ3n) is 5.09. The zero-order valence-corrected chi connectivity index (χ0v) is 15.7. The number of hydrogen-bond donors (Lipinski definition) is 4. The van der Waals surface area contributed by atoms with Crippen molar-refractivity contribution < 1.29 is 24.2 Å². The van der Waals surface area contributed by atoms with Crippen LogP contribution in [0.25, 0.3) is 0 Å². The highest BCUT2D eigenvalue weighted by Crippen LogP contribution is 2.22. The van der Waals surface area contributed by atoms with Crippen LogP contribution in [0.1, 0.15) is 51.4 Å². The Kier molecular flexibility index (Phi) is 9.14. The number of hydrogen-bond acceptors (Lipinski definition) is 5. The molecule has 2 fully saturated rings. The number of aliphatic hydroxyl groups excluding tert-OH is 1. The van der Waals surface area contributed by atoms with Crippen LogP contribution in [0, 0.1) is 0 Å². The minimum atomic E-state index is -0.488. The van der Waals surface area contributed by atoms with E-state index in [1.165, 1.54) is 6.42 Å². The van der Waals surface area contributed by atoms with Crippen molar-refractivity contribution in [3.05, 3.63) is 0 Å². The summed E-state index contributed by atoms with van der Waals surface area (Å²) in [6.07, 6.45) is 6.48. The van der Waals surface area contributed by atoms with Crippen LogP contribution in [0.15, 0.2) is 0 Å². The molecule has 1 aliphatic carbocycles. The van der Waals surface area contributed by atoms with Crippen LogP contribution in [0.2, 0.25) is 0 Å². The fourth-order valence-corrected chi connectivity index (χ4v) is 3.66. The molecule has 8 nitrogen and oxygen atoms in total. The summed E-state index contributed by atoms with van der Waals surface area (Å²) in [5, 5.41) is 18.3. The first-order chi connectivity index (χ1) is 12.6. The predicted octanol–water partition coefficient (Wildman–Crippen LogP) is 0.680. The molecular weight excluding hydrogens is 338 g/mol. The molecule has 0 aromatic heterocycles. The molecule has 8 heteroatoms. The highest BCUT2D eigenvalue weighted by atomic mass is 16.5. The van der Waals surface area contributed by atoms with Gasteiger partial charge in [-0.25, -0.2) is 4.79 Å². The third-order valence-corrected chi connectivity index (χ3v) is 5.09. The van der Waals surface area contributed by atoms with E-state index >= 15 is 0 Å². The molecule has 4 N–H and O–H groups in total. The molecule has 3 atom stereocenters. The molecule has 0 aromatic rings. The van der Waals surface area contributed by atoms with Crippen LogP contribution in [0.3, 0.4) is 0 Å². The Balaban J connectivity index is 1.72. The van der Waals surface area contributed by atoms with Crippen molar-refractivity contribution in [2.75, 3.05) is 26.9 Å². The van der Waals surface area contributed by atoms with Gasteiger partial charge in [0.15, 0.2) is 0 Å². The van der Waals surface area contributed by atoms with E-state index < -0.39 is 6.10 Å². The first kappa shape index (κ1) is 20.9. The number of rotatable bonds is 8. The fourth-order valence-electron chi connectivity index (χ4n) is 3.66. The first-order valence-corrected chi connectivity index (χ1v) is 9.71. The number of methoxy groups -OCH3 is 1. The van der Waals surface area contributed by atoms with Crippen molar-refractivity contribution in [3.63, 3.8) is 0 Å². The van der Waals surface area contributed by atoms with Gasteiger partial charge in [-0.3, -0.25) is 4.79 Å². The number of carbonyl (C=O) groups is 2. The third kappa shape index (κ3) is 7.09. The number of urea groups is 1. The van der Waals surface area contributed by atoms with Crippen LogP contribution in [-0.4, -0.2) is 68.2 Å². The summed E-state index contributed by atoms with van der Waals surface area (Å²) >= 11 is 0. The van der Waals surface area contributed by atoms with E-state index in [9.17, 15) is 14.7 Å². The van der Waals surface area contributed by atoms with E-state index in [1.807, 2.05) is 0 Å². The molecule has 0 radical (unpaired) electrons. The fraction of sp³-hybridized carbons (Fsp3) is 0.889. The van der Waals surface area contributed by atoms with E-state index in [0.717, 1.165) is 25.7 Å². The maximum Gasteiger partial charge on any atom is 0.315 e. The zero-order valence-electron chi connectivity index (χ0n) is 15.7. The van der Waals surface area contributed by atoms with Gasteiger partial charge in [0.2, 0.25) is 5.91 Å². The van der Waals surface area contributed by atoms with Gasteiger partial charge in [-0.2, -0.15) is 0 Å². The van der Waals surface area contributed by atoms with Gasteiger partial charge in [0.25, 0.3) is 0 Å². The summed E-state index contributed by atoms with van der Waals surface area (Å²) in [6, 6.07) is -0.194. The molecule has 0 bridgehead atoms. The van der Waals surface area contributed by atoms with E-state index in [0.29, 0.717) is 26.0 Å². The van der Waals surface area contributed by atoms with Gasteiger partial charge in [-0.1, -0.05) is 19.3 Å². The molecule has 0 spiro atoms. The Morgan fingerprint density at radius 2 is 1.88 bits per heavy atom. The number of aliphatic hydroxyl groups is 1. The van der Waals surface area contributed by atoms with Crippen LogP contribution < -0.4 is 16.0 Å². The van der Waals surface area contributed by atoms with E-state index in [2.05, 4.69) is 16.0 Å². The van der Waals surface area contributed by atoms with Gasteiger partial charge in [0.1, 0.15) is 6.10 Å². The van der Waals surface area contributed by atoms with Gasteiger partial charge in [-0.05, 0) is 25.7 Å². The molecule has 0 aromatic carbocycles. The highest BCUT2D eigenvalue weighted by Gasteiger charge is 2.33. The molecular formula is C18H33N3O5. The normalized spacial score (nSPS) is 26.9. The topological polar surface area (TPSA) is 109 Å². The van der Waals surface area contributed by atoms with Crippen molar-refractivity contribution in [2.45, 2.75) is 75.7 Å². The van der Waals surface area contributed by atoms with Gasteiger partial charge < -0.3 is 30.5 Å². The average molecular weight is 371 g/mol. The second-order valence-electron chi connectivity index (χ2n) is 7.16. The van der Waals surface area contributed by atoms with Crippen LogP contribution in [0.5, 0.6) is 0 Å². The molecule has 150 valence electrons. The Labute approximate surface area is 155 Å². The van der Waals surface area contributed by atoms with Gasteiger partial charge in [-0.15, -0.1) is 0 Å². The summed E-state index contributed by atoms with van der Waals surface area (Å²) < 4.78 is 10.7. The van der Waals surface area contributed by atoms with Crippen LogP contribution >= 0.6 is 0 Å². The van der Waals surface area contributed by atoms with Gasteiger partial charge in [0, 0.05) is 19.7 Å². The van der Waals surface area contributed by atoms with Crippen molar-refractivity contribution in [3.8, 4) is 0 Å². The number of amides is 3. The number of nitrogens with one attached hydrogen (secondary N) is 3. The second-order valence-corrected chi connectivity index (χ2v) is 7.16. The monoisotopic (exact) mass is 371 g/mol. The summed E-state index contributed by atoms with van der Waals surface area (Å²) in [5.74, 6) is -0.0924. The molecule has 2 rings (SSSR count). The standard InChI is InChI=1S/C18H33N3O5/c1-25-10-9-19-17(23)11-14-7-8-15(16(12-22)26-14)21-18(24)20-13-5-3-2-4-6-13/h13-16,22H,2-12H2,1H3,(H,19,23)(H2,20,21,24)/t14-,15+,16-/m1/s1. The first-order valence-electron chi connectivity index (χ1n) is 9.71. The van der Waals surface area contributed by atoms with Gasteiger partial charge >= 0.3 is 6.03 Å². The maximum atomic E-state index is 12.2. The van der Waals surface area contributed by atoms with Crippen molar-refractivity contribution >= 4 is 11.9 Å². The minimum Gasteiger partial charge on any atom is -0.394 e. The molecule has 1 saturated heterocycles. The number of ether oxygens (including phenoxy) is 2. The van der Waals surface area contributed by atoms with Gasteiger partial charge in [0.05, 0.1) is 31.8 Å². The lowest BCUT2D eigenvalue weighted by Gasteiger charge is -2.36. The van der Waals surface area contributed by atoms with E-state index in [4.69, 9.17) is 9.47 Å². The molecule has 3 amide bonds. The zero-order chi connectivity index (χ0) is 18.8. The lowest BCUT2D eigenvalue weighted by atomic mass is 9.95. The van der Waals surface area contributed by atoms with E-state index in [-0.39, 0.29) is 43.2 Å². The summed E-state index contributed by atoms with van der Waals surface area (Å²) in [4.78, 5) is 24.1.